The lowest BCUT2D eigenvalue weighted by atomic mass is 9.94. The monoisotopic (exact) mass is 344 g/mol. The first kappa shape index (κ1) is 16.9. The SMILES string of the molecule is Cc1ccccc1[C@@H]1[C@@H](C(=O)NCc2nc(N)n[nH]2)OCC(=O)N1C. The third-order valence-electron chi connectivity index (χ3n) is 4.23. The molecule has 9 nitrogen and oxygen atoms in total. The van der Waals surface area contributed by atoms with E-state index in [1.54, 1.807) is 11.9 Å². The second kappa shape index (κ2) is 6.89. The van der Waals surface area contributed by atoms with E-state index in [1.165, 1.54) is 0 Å². The zero-order chi connectivity index (χ0) is 18.0. The molecule has 3 rings (SSSR count). The molecular weight excluding hydrogens is 324 g/mol. The van der Waals surface area contributed by atoms with Crippen molar-refractivity contribution >= 4 is 17.8 Å². The molecule has 2 aromatic rings. The van der Waals surface area contributed by atoms with E-state index in [0.717, 1.165) is 11.1 Å². The van der Waals surface area contributed by atoms with Crippen LogP contribution in [-0.4, -0.2) is 51.7 Å². The Morgan fingerprint density at radius 2 is 2.24 bits per heavy atom. The average molecular weight is 344 g/mol. The predicted octanol–water partition coefficient (Wildman–Crippen LogP) is -0.0900. The minimum absolute atomic E-state index is 0.112. The van der Waals surface area contributed by atoms with E-state index in [4.69, 9.17) is 10.5 Å². The predicted molar refractivity (Wildman–Crippen MR) is 89.1 cm³/mol. The summed E-state index contributed by atoms with van der Waals surface area (Å²) in [4.78, 5) is 30.2. The van der Waals surface area contributed by atoms with Gasteiger partial charge in [0.15, 0.2) is 6.10 Å². The van der Waals surface area contributed by atoms with E-state index in [0.29, 0.717) is 5.82 Å². The number of hydrogen-bond acceptors (Lipinski definition) is 6. The first-order valence-corrected chi connectivity index (χ1v) is 7.84. The van der Waals surface area contributed by atoms with Crippen molar-refractivity contribution in [2.75, 3.05) is 19.4 Å². The van der Waals surface area contributed by atoms with Crippen LogP contribution in [0.1, 0.15) is 23.0 Å². The van der Waals surface area contributed by atoms with Crippen LogP contribution in [0.25, 0.3) is 0 Å². The van der Waals surface area contributed by atoms with Gasteiger partial charge in [-0.1, -0.05) is 24.3 Å². The number of nitrogens with one attached hydrogen (secondary N) is 2. The lowest BCUT2D eigenvalue weighted by molar-refractivity contribution is -0.162. The van der Waals surface area contributed by atoms with Crippen molar-refractivity contribution < 1.29 is 14.3 Å². The second-order valence-corrected chi connectivity index (χ2v) is 5.90. The highest BCUT2D eigenvalue weighted by molar-refractivity contribution is 5.86. The number of carbonyl (C=O) groups is 2. The number of nitrogen functional groups attached to an aromatic ring is 1. The second-order valence-electron chi connectivity index (χ2n) is 5.90. The molecule has 1 fully saturated rings. The van der Waals surface area contributed by atoms with Crippen LogP contribution in [0.5, 0.6) is 0 Å². The van der Waals surface area contributed by atoms with Gasteiger partial charge in [0.25, 0.3) is 5.91 Å². The van der Waals surface area contributed by atoms with Crippen LogP contribution < -0.4 is 11.1 Å². The molecule has 2 amide bonds. The summed E-state index contributed by atoms with van der Waals surface area (Å²) in [7, 11) is 1.68. The lowest BCUT2D eigenvalue weighted by Gasteiger charge is -2.38. The number of aromatic amines is 1. The van der Waals surface area contributed by atoms with E-state index in [2.05, 4.69) is 20.5 Å². The molecule has 132 valence electrons. The minimum atomic E-state index is -0.816. The topological polar surface area (TPSA) is 126 Å². The molecule has 4 N–H and O–H groups in total. The molecule has 0 radical (unpaired) electrons. The lowest BCUT2D eigenvalue weighted by Crippen LogP contribution is -2.53. The number of amides is 2. The molecule has 25 heavy (non-hydrogen) atoms. The Balaban J connectivity index is 1.80. The van der Waals surface area contributed by atoms with Crippen molar-refractivity contribution in [2.45, 2.75) is 25.6 Å². The molecule has 0 bridgehead atoms. The van der Waals surface area contributed by atoms with Crippen LogP contribution in [0.4, 0.5) is 5.95 Å². The summed E-state index contributed by atoms with van der Waals surface area (Å²) in [6, 6.07) is 7.13. The van der Waals surface area contributed by atoms with Crippen molar-refractivity contribution in [3.05, 3.63) is 41.2 Å². The van der Waals surface area contributed by atoms with Gasteiger partial charge in [0.2, 0.25) is 11.9 Å². The highest BCUT2D eigenvalue weighted by Gasteiger charge is 2.40. The number of hydrogen-bond donors (Lipinski definition) is 3. The molecule has 0 aliphatic carbocycles. The van der Waals surface area contributed by atoms with Crippen LogP contribution in [0.3, 0.4) is 0 Å². The van der Waals surface area contributed by atoms with Gasteiger partial charge in [-0.05, 0) is 18.1 Å². The smallest absolute Gasteiger partial charge is 0.252 e. The molecule has 1 saturated heterocycles. The molecule has 1 aromatic heterocycles. The molecule has 1 aliphatic heterocycles. The summed E-state index contributed by atoms with van der Waals surface area (Å²) in [5.74, 6) is 0.0581. The number of benzene rings is 1. The van der Waals surface area contributed by atoms with E-state index >= 15 is 0 Å². The van der Waals surface area contributed by atoms with Gasteiger partial charge in [0, 0.05) is 7.05 Å². The number of nitrogens with two attached hydrogens (primary N) is 1. The number of carbonyl (C=O) groups excluding carboxylic acids is 2. The summed E-state index contributed by atoms with van der Waals surface area (Å²) in [6.07, 6.45) is -0.816. The van der Waals surface area contributed by atoms with Gasteiger partial charge in [0.05, 0.1) is 12.6 Å². The first-order chi connectivity index (χ1) is 12.0. The standard InChI is InChI=1S/C16H20N6O3/c1-9-5-3-4-6-10(9)13-14(25-8-12(23)22(13)2)15(24)18-7-11-19-16(17)21-20-11/h3-6,13-14H,7-8H2,1-2H3,(H,18,24)(H3,17,19,20,21)/t13-,14+/m1/s1. The Kier molecular flexibility index (Phi) is 4.66. The fourth-order valence-electron chi connectivity index (χ4n) is 2.88. The van der Waals surface area contributed by atoms with Crippen molar-refractivity contribution in [2.24, 2.45) is 0 Å². The average Bonchev–Trinajstić information content (AvgIpc) is 3.01. The minimum Gasteiger partial charge on any atom is -0.367 e. The first-order valence-electron chi connectivity index (χ1n) is 7.84. The summed E-state index contributed by atoms with van der Waals surface area (Å²) in [5, 5.41) is 9.08. The highest BCUT2D eigenvalue weighted by Crippen LogP contribution is 2.31. The number of rotatable bonds is 4. The Bertz CT molecular complexity index is 790. The zero-order valence-corrected chi connectivity index (χ0v) is 14.0. The third-order valence-corrected chi connectivity index (χ3v) is 4.23. The quantitative estimate of drug-likeness (QED) is 0.711. The van der Waals surface area contributed by atoms with Crippen molar-refractivity contribution in [1.29, 1.82) is 0 Å². The van der Waals surface area contributed by atoms with Gasteiger partial charge in [0.1, 0.15) is 12.4 Å². The molecule has 0 saturated carbocycles. The van der Waals surface area contributed by atoms with E-state index < -0.39 is 12.1 Å². The van der Waals surface area contributed by atoms with Crippen LogP contribution in [0.2, 0.25) is 0 Å². The Labute approximate surface area is 144 Å². The fourth-order valence-corrected chi connectivity index (χ4v) is 2.88. The number of likely N-dealkylation sites (N-methyl/N-ethyl adjacent to an activating group) is 1. The molecule has 1 aromatic carbocycles. The summed E-state index contributed by atoms with van der Waals surface area (Å²) in [5.41, 5.74) is 7.30. The van der Waals surface area contributed by atoms with E-state index in [-0.39, 0.29) is 30.9 Å². The Morgan fingerprint density at radius 1 is 1.48 bits per heavy atom. The molecule has 1 aliphatic rings. The van der Waals surface area contributed by atoms with Crippen molar-refractivity contribution in [3.8, 4) is 0 Å². The molecular formula is C16H20N6O3. The number of morpholine rings is 1. The normalized spacial score (nSPS) is 20.6. The van der Waals surface area contributed by atoms with Crippen LogP contribution >= 0.6 is 0 Å². The largest absolute Gasteiger partial charge is 0.367 e. The molecule has 0 unspecified atom stereocenters. The molecule has 9 heteroatoms. The van der Waals surface area contributed by atoms with Gasteiger partial charge in [-0.15, -0.1) is 5.10 Å². The molecule has 2 atom stereocenters. The van der Waals surface area contributed by atoms with Gasteiger partial charge in [-0.25, -0.2) is 0 Å². The summed E-state index contributed by atoms with van der Waals surface area (Å²) >= 11 is 0. The third kappa shape index (κ3) is 3.45. The number of H-pyrrole nitrogens is 1. The Morgan fingerprint density at radius 3 is 2.92 bits per heavy atom. The maximum Gasteiger partial charge on any atom is 0.252 e. The molecule has 2 heterocycles. The van der Waals surface area contributed by atoms with Crippen LogP contribution in [0, 0.1) is 6.92 Å². The summed E-state index contributed by atoms with van der Waals surface area (Å²) in [6.45, 7) is 1.95. The van der Waals surface area contributed by atoms with Crippen molar-refractivity contribution in [3.63, 3.8) is 0 Å². The van der Waals surface area contributed by atoms with E-state index in [9.17, 15) is 9.59 Å². The maximum absolute atomic E-state index is 12.7. The van der Waals surface area contributed by atoms with Crippen LogP contribution in [0.15, 0.2) is 24.3 Å². The zero-order valence-electron chi connectivity index (χ0n) is 14.0. The van der Waals surface area contributed by atoms with Crippen molar-refractivity contribution in [1.82, 2.24) is 25.4 Å². The number of ether oxygens (including phenoxy) is 1. The molecule has 0 spiro atoms. The van der Waals surface area contributed by atoms with Gasteiger partial charge in [-0.3, -0.25) is 14.7 Å². The van der Waals surface area contributed by atoms with Gasteiger partial charge in [-0.2, -0.15) is 4.98 Å². The van der Waals surface area contributed by atoms with Gasteiger partial charge >= 0.3 is 0 Å². The number of nitrogens with zero attached hydrogens (tertiary/aromatic N) is 3. The van der Waals surface area contributed by atoms with Crippen LogP contribution in [-0.2, 0) is 20.9 Å². The van der Waals surface area contributed by atoms with Gasteiger partial charge < -0.3 is 20.7 Å². The number of aromatic nitrogens is 3. The number of aryl methyl sites for hydroxylation is 1. The fraction of sp³-hybridized carbons (Fsp3) is 0.375. The van der Waals surface area contributed by atoms with E-state index in [1.807, 2.05) is 31.2 Å². The highest BCUT2D eigenvalue weighted by atomic mass is 16.5. The summed E-state index contributed by atoms with van der Waals surface area (Å²) < 4.78 is 5.56. The number of anilines is 1. The maximum atomic E-state index is 12.7. The Hall–Kier alpha value is -2.94.